The zero-order chi connectivity index (χ0) is 14.2. The van der Waals surface area contributed by atoms with Crippen molar-refractivity contribution >= 4 is 0 Å². The van der Waals surface area contributed by atoms with Gasteiger partial charge in [0.25, 0.3) is 0 Å². The van der Waals surface area contributed by atoms with Gasteiger partial charge in [-0.25, -0.2) is 0 Å². The molecule has 20 heavy (non-hydrogen) atoms. The molecule has 0 bridgehead atoms. The molecule has 0 saturated heterocycles. The van der Waals surface area contributed by atoms with Crippen molar-refractivity contribution in [3.05, 3.63) is 71.3 Å². The van der Waals surface area contributed by atoms with Crippen LogP contribution >= 0.6 is 0 Å². The lowest BCUT2D eigenvalue weighted by atomic mass is 10.0. The highest BCUT2D eigenvalue weighted by Gasteiger charge is 2.13. The van der Waals surface area contributed by atoms with E-state index in [0.717, 1.165) is 13.1 Å². The molecular formula is C18H23NO. The van der Waals surface area contributed by atoms with Gasteiger partial charge in [0, 0.05) is 6.54 Å². The van der Waals surface area contributed by atoms with E-state index in [4.69, 9.17) is 4.74 Å². The number of nitrogens with one attached hydrogen (secondary N) is 1. The van der Waals surface area contributed by atoms with Crippen LogP contribution in [-0.4, -0.2) is 13.1 Å². The molecule has 1 atom stereocenters. The Kier molecular flexibility index (Phi) is 5.78. The van der Waals surface area contributed by atoms with E-state index in [2.05, 4.69) is 55.6 Å². The Labute approximate surface area is 121 Å². The van der Waals surface area contributed by atoms with E-state index in [9.17, 15) is 0 Å². The predicted molar refractivity (Wildman–Crippen MR) is 83.7 cm³/mol. The van der Waals surface area contributed by atoms with Gasteiger partial charge >= 0.3 is 0 Å². The van der Waals surface area contributed by atoms with Crippen molar-refractivity contribution in [3.63, 3.8) is 0 Å². The van der Waals surface area contributed by atoms with Crippen LogP contribution in [0.3, 0.4) is 0 Å². The Morgan fingerprint density at radius 1 is 1.00 bits per heavy atom. The smallest absolute Gasteiger partial charge is 0.0956 e. The van der Waals surface area contributed by atoms with Crippen LogP contribution in [0.1, 0.15) is 29.7 Å². The molecule has 2 aromatic carbocycles. The second kappa shape index (κ2) is 7.83. The van der Waals surface area contributed by atoms with Gasteiger partial charge in [0.05, 0.1) is 12.7 Å². The second-order valence-corrected chi connectivity index (χ2v) is 4.95. The Hall–Kier alpha value is -1.64. The largest absolute Gasteiger partial charge is 0.368 e. The highest BCUT2D eigenvalue weighted by atomic mass is 16.5. The summed E-state index contributed by atoms with van der Waals surface area (Å²) in [5, 5.41) is 3.39. The minimum Gasteiger partial charge on any atom is -0.368 e. The summed E-state index contributed by atoms with van der Waals surface area (Å²) in [5.74, 6) is 0. The summed E-state index contributed by atoms with van der Waals surface area (Å²) in [6, 6.07) is 18.8. The van der Waals surface area contributed by atoms with Crippen molar-refractivity contribution in [2.45, 2.75) is 26.6 Å². The number of hydrogen-bond acceptors (Lipinski definition) is 2. The first kappa shape index (κ1) is 14.8. The number of aryl methyl sites for hydroxylation is 1. The molecule has 0 heterocycles. The summed E-state index contributed by atoms with van der Waals surface area (Å²) in [7, 11) is 0. The van der Waals surface area contributed by atoms with E-state index in [-0.39, 0.29) is 6.10 Å². The third kappa shape index (κ3) is 4.19. The lowest BCUT2D eigenvalue weighted by Crippen LogP contribution is -2.23. The average molecular weight is 269 g/mol. The number of rotatable bonds is 7. The van der Waals surface area contributed by atoms with Crippen LogP contribution in [0.25, 0.3) is 0 Å². The molecular weight excluding hydrogens is 246 g/mol. The van der Waals surface area contributed by atoms with E-state index in [1.165, 1.54) is 16.7 Å². The number of likely N-dealkylation sites (N-methyl/N-ethyl adjacent to an activating group) is 1. The summed E-state index contributed by atoms with van der Waals surface area (Å²) in [4.78, 5) is 0. The topological polar surface area (TPSA) is 21.3 Å². The molecule has 0 spiro atoms. The van der Waals surface area contributed by atoms with Gasteiger partial charge in [-0.3, -0.25) is 0 Å². The summed E-state index contributed by atoms with van der Waals surface area (Å²) in [6.45, 7) is 6.70. The van der Waals surface area contributed by atoms with Gasteiger partial charge in [0.15, 0.2) is 0 Å². The van der Waals surface area contributed by atoms with Gasteiger partial charge in [-0.15, -0.1) is 0 Å². The third-order valence-electron chi connectivity index (χ3n) is 3.41. The molecule has 106 valence electrons. The summed E-state index contributed by atoms with van der Waals surface area (Å²) in [5.41, 5.74) is 3.76. The molecule has 0 aliphatic carbocycles. The van der Waals surface area contributed by atoms with E-state index in [0.29, 0.717) is 6.61 Å². The third-order valence-corrected chi connectivity index (χ3v) is 3.41. The summed E-state index contributed by atoms with van der Waals surface area (Å²) < 4.78 is 6.13. The molecule has 0 aliphatic rings. The molecule has 2 heteroatoms. The molecule has 0 radical (unpaired) electrons. The Morgan fingerprint density at radius 2 is 1.70 bits per heavy atom. The quantitative estimate of drug-likeness (QED) is 0.824. The molecule has 2 nitrogen and oxygen atoms in total. The zero-order valence-corrected chi connectivity index (χ0v) is 12.3. The van der Waals surface area contributed by atoms with Crippen LogP contribution < -0.4 is 5.32 Å². The van der Waals surface area contributed by atoms with Crippen LogP contribution in [-0.2, 0) is 11.3 Å². The van der Waals surface area contributed by atoms with Crippen molar-refractivity contribution in [1.29, 1.82) is 0 Å². The van der Waals surface area contributed by atoms with Crippen LogP contribution in [0, 0.1) is 6.92 Å². The van der Waals surface area contributed by atoms with E-state index in [1.807, 2.05) is 18.2 Å². The van der Waals surface area contributed by atoms with E-state index >= 15 is 0 Å². The van der Waals surface area contributed by atoms with E-state index < -0.39 is 0 Å². The fourth-order valence-electron chi connectivity index (χ4n) is 2.25. The van der Waals surface area contributed by atoms with Crippen molar-refractivity contribution in [2.75, 3.05) is 13.1 Å². The second-order valence-electron chi connectivity index (χ2n) is 4.95. The maximum atomic E-state index is 6.13. The van der Waals surface area contributed by atoms with Crippen LogP contribution in [0.15, 0.2) is 54.6 Å². The van der Waals surface area contributed by atoms with Crippen LogP contribution in [0.2, 0.25) is 0 Å². The minimum atomic E-state index is 0.0938. The van der Waals surface area contributed by atoms with Crippen LogP contribution in [0.5, 0.6) is 0 Å². The monoisotopic (exact) mass is 269 g/mol. The first-order valence-electron chi connectivity index (χ1n) is 7.23. The fraction of sp³-hybridized carbons (Fsp3) is 0.333. The molecule has 0 aromatic heterocycles. The fourth-order valence-corrected chi connectivity index (χ4v) is 2.25. The van der Waals surface area contributed by atoms with Gasteiger partial charge in [0.1, 0.15) is 0 Å². The maximum Gasteiger partial charge on any atom is 0.0956 e. The van der Waals surface area contributed by atoms with Gasteiger partial charge in [-0.2, -0.15) is 0 Å². The number of ether oxygens (including phenoxy) is 1. The number of benzene rings is 2. The molecule has 0 aliphatic heterocycles. The predicted octanol–water partition coefficient (Wildman–Crippen LogP) is 3.86. The molecule has 0 fully saturated rings. The Bertz CT molecular complexity index is 510. The molecule has 1 unspecified atom stereocenters. The van der Waals surface area contributed by atoms with Crippen molar-refractivity contribution in [1.82, 2.24) is 5.32 Å². The maximum absolute atomic E-state index is 6.13. The molecule has 1 N–H and O–H groups in total. The SMILES string of the molecule is CCNCC(OCc1ccccc1)c1ccccc1C. The van der Waals surface area contributed by atoms with Gasteiger partial charge in [-0.1, -0.05) is 61.5 Å². The van der Waals surface area contributed by atoms with E-state index in [1.54, 1.807) is 0 Å². The average Bonchev–Trinajstić information content (AvgIpc) is 2.49. The van der Waals surface area contributed by atoms with Crippen LogP contribution in [0.4, 0.5) is 0 Å². The Morgan fingerprint density at radius 3 is 2.40 bits per heavy atom. The Balaban J connectivity index is 2.06. The molecule has 2 rings (SSSR count). The lowest BCUT2D eigenvalue weighted by Gasteiger charge is -2.20. The molecule has 0 amide bonds. The highest BCUT2D eigenvalue weighted by molar-refractivity contribution is 5.28. The number of hydrogen-bond donors (Lipinski definition) is 1. The highest BCUT2D eigenvalue weighted by Crippen LogP contribution is 2.22. The van der Waals surface area contributed by atoms with Crippen molar-refractivity contribution in [3.8, 4) is 0 Å². The standard InChI is InChI=1S/C18H23NO/c1-3-19-13-18(17-12-8-7-9-15(17)2)20-14-16-10-5-4-6-11-16/h4-12,18-19H,3,13-14H2,1-2H3. The first-order chi connectivity index (χ1) is 9.81. The normalized spacial score (nSPS) is 12.3. The zero-order valence-electron chi connectivity index (χ0n) is 12.3. The van der Waals surface area contributed by atoms with Gasteiger partial charge in [0.2, 0.25) is 0 Å². The summed E-state index contributed by atoms with van der Waals surface area (Å²) >= 11 is 0. The summed E-state index contributed by atoms with van der Waals surface area (Å²) in [6.07, 6.45) is 0.0938. The minimum absolute atomic E-state index is 0.0938. The molecule has 0 saturated carbocycles. The molecule has 2 aromatic rings. The van der Waals surface area contributed by atoms with Crippen molar-refractivity contribution < 1.29 is 4.74 Å². The van der Waals surface area contributed by atoms with Gasteiger partial charge in [-0.05, 0) is 30.2 Å². The first-order valence-corrected chi connectivity index (χ1v) is 7.23. The van der Waals surface area contributed by atoms with Crippen molar-refractivity contribution in [2.24, 2.45) is 0 Å². The lowest BCUT2D eigenvalue weighted by molar-refractivity contribution is 0.0398. The van der Waals surface area contributed by atoms with Gasteiger partial charge < -0.3 is 10.1 Å².